The fourth-order valence-corrected chi connectivity index (χ4v) is 5.54. The zero-order valence-electron chi connectivity index (χ0n) is 17.8. The summed E-state index contributed by atoms with van der Waals surface area (Å²) in [6.07, 6.45) is 2.54. The number of carbonyl (C=O) groups is 2. The van der Waals surface area contributed by atoms with Crippen molar-refractivity contribution in [3.8, 4) is 5.75 Å². The molecule has 0 saturated carbocycles. The van der Waals surface area contributed by atoms with Gasteiger partial charge in [0.15, 0.2) is 6.10 Å². The second-order valence-corrected chi connectivity index (χ2v) is 9.94. The summed E-state index contributed by atoms with van der Waals surface area (Å²) in [5.41, 5.74) is 0.0699. The number of benzene rings is 1. The Labute approximate surface area is 178 Å². The Bertz CT molecular complexity index is 887. The highest BCUT2D eigenvalue weighted by atomic mass is 32.2. The normalized spacial score (nSPS) is 19.5. The van der Waals surface area contributed by atoms with Gasteiger partial charge < -0.3 is 14.4 Å². The monoisotopic (exact) mass is 438 g/mol. The first-order valence-corrected chi connectivity index (χ1v) is 11.9. The van der Waals surface area contributed by atoms with Gasteiger partial charge in [0, 0.05) is 26.2 Å². The van der Waals surface area contributed by atoms with Crippen molar-refractivity contribution in [3.63, 3.8) is 0 Å². The Morgan fingerprint density at radius 2 is 1.73 bits per heavy atom. The number of amides is 1. The molecule has 0 spiro atoms. The number of nitrogens with zero attached hydrogens (tertiary/aromatic N) is 2. The Morgan fingerprint density at radius 1 is 1.10 bits per heavy atom. The molecule has 2 heterocycles. The number of likely N-dealkylation sites (tertiary alicyclic amines) is 1. The Morgan fingerprint density at radius 3 is 2.33 bits per heavy atom. The van der Waals surface area contributed by atoms with E-state index in [1.165, 1.54) is 29.6 Å². The third-order valence-corrected chi connectivity index (χ3v) is 7.73. The highest BCUT2D eigenvalue weighted by molar-refractivity contribution is 7.89. The number of hydrogen-bond acceptors (Lipinski definition) is 6. The fraction of sp³-hybridized carbons (Fsp3) is 0.619. The first kappa shape index (κ1) is 22.6. The zero-order valence-corrected chi connectivity index (χ0v) is 18.6. The van der Waals surface area contributed by atoms with E-state index in [9.17, 15) is 18.0 Å². The maximum absolute atomic E-state index is 13.0. The van der Waals surface area contributed by atoms with Crippen LogP contribution in [-0.2, 0) is 19.6 Å². The predicted octanol–water partition coefficient (Wildman–Crippen LogP) is 2.28. The first-order chi connectivity index (χ1) is 14.2. The molecule has 2 fully saturated rings. The lowest BCUT2D eigenvalue weighted by Gasteiger charge is -2.31. The van der Waals surface area contributed by atoms with Gasteiger partial charge in [0.05, 0.1) is 12.7 Å². The summed E-state index contributed by atoms with van der Waals surface area (Å²) < 4.78 is 37.9. The van der Waals surface area contributed by atoms with Crippen molar-refractivity contribution >= 4 is 21.9 Å². The van der Waals surface area contributed by atoms with Crippen molar-refractivity contribution in [1.29, 1.82) is 0 Å². The van der Waals surface area contributed by atoms with Crippen LogP contribution in [0.3, 0.4) is 0 Å². The standard InChI is InChI=1S/C21H30N2O6S/c1-15-8-12-22(13-9-15)20(24)16(2)29-21(25)17-6-7-18(28-3)19(14-17)30(26,27)23-10-4-5-11-23/h6-7,14-16H,4-5,8-13H2,1-3H3/t16-/m1/s1. The van der Waals surface area contributed by atoms with Crippen LogP contribution in [0.1, 0.15) is 49.9 Å². The third-order valence-electron chi connectivity index (χ3n) is 5.81. The maximum atomic E-state index is 13.0. The summed E-state index contributed by atoms with van der Waals surface area (Å²) in [4.78, 5) is 26.9. The minimum absolute atomic E-state index is 0.0645. The molecule has 2 aliphatic rings. The van der Waals surface area contributed by atoms with Crippen LogP contribution >= 0.6 is 0 Å². The molecule has 0 unspecified atom stereocenters. The first-order valence-electron chi connectivity index (χ1n) is 10.4. The lowest BCUT2D eigenvalue weighted by molar-refractivity contribution is -0.141. The minimum Gasteiger partial charge on any atom is -0.495 e. The van der Waals surface area contributed by atoms with Crippen LogP contribution in [0.2, 0.25) is 0 Å². The molecule has 0 aromatic heterocycles. The van der Waals surface area contributed by atoms with Crippen LogP contribution in [0.15, 0.2) is 23.1 Å². The number of ether oxygens (including phenoxy) is 2. The molecule has 0 aliphatic carbocycles. The summed E-state index contributed by atoms with van der Waals surface area (Å²) in [5.74, 6) is -0.206. The molecule has 1 aromatic rings. The Balaban J connectivity index is 1.75. The lowest BCUT2D eigenvalue weighted by Crippen LogP contribution is -2.44. The van der Waals surface area contributed by atoms with Crippen LogP contribution in [0.25, 0.3) is 0 Å². The topological polar surface area (TPSA) is 93.2 Å². The van der Waals surface area contributed by atoms with Crippen molar-refractivity contribution in [2.75, 3.05) is 33.3 Å². The third kappa shape index (κ3) is 4.78. The Hall–Kier alpha value is -2.13. The molecule has 1 atom stereocenters. The van der Waals surface area contributed by atoms with Gasteiger partial charge >= 0.3 is 5.97 Å². The SMILES string of the molecule is COc1ccc(C(=O)O[C@H](C)C(=O)N2CCC(C)CC2)cc1S(=O)(=O)N1CCCC1. The number of hydrogen-bond donors (Lipinski definition) is 0. The van der Waals surface area contributed by atoms with E-state index in [0.29, 0.717) is 32.1 Å². The number of piperidine rings is 1. The zero-order chi connectivity index (χ0) is 21.9. The largest absolute Gasteiger partial charge is 0.495 e. The molecule has 1 aromatic carbocycles. The maximum Gasteiger partial charge on any atom is 0.338 e. The van der Waals surface area contributed by atoms with E-state index in [-0.39, 0.29) is 22.1 Å². The highest BCUT2D eigenvalue weighted by Crippen LogP contribution is 2.30. The van der Waals surface area contributed by atoms with Crippen LogP contribution in [0.4, 0.5) is 0 Å². The van der Waals surface area contributed by atoms with Crippen molar-refractivity contribution in [1.82, 2.24) is 9.21 Å². The van der Waals surface area contributed by atoms with Crippen LogP contribution in [0.5, 0.6) is 5.75 Å². The smallest absolute Gasteiger partial charge is 0.338 e. The molecule has 0 bridgehead atoms. The molecular weight excluding hydrogens is 408 g/mol. The van der Waals surface area contributed by atoms with Crippen LogP contribution in [-0.4, -0.2) is 68.9 Å². The van der Waals surface area contributed by atoms with Gasteiger partial charge in [-0.15, -0.1) is 0 Å². The van der Waals surface area contributed by atoms with Crippen LogP contribution < -0.4 is 4.74 Å². The van der Waals surface area contributed by atoms with E-state index in [2.05, 4.69) is 6.92 Å². The van der Waals surface area contributed by atoms with Gasteiger partial charge in [0.2, 0.25) is 10.0 Å². The van der Waals surface area contributed by atoms with Crippen molar-refractivity contribution in [2.45, 2.75) is 50.5 Å². The molecular formula is C21H30N2O6S. The van der Waals surface area contributed by atoms with Gasteiger partial charge in [-0.2, -0.15) is 4.31 Å². The van der Waals surface area contributed by atoms with E-state index in [1.54, 1.807) is 11.8 Å². The fourth-order valence-electron chi connectivity index (χ4n) is 3.84. The van der Waals surface area contributed by atoms with E-state index in [4.69, 9.17) is 9.47 Å². The second-order valence-electron chi connectivity index (χ2n) is 8.03. The van der Waals surface area contributed by atoms with E-state index in [0.717, 1.165) is 25.7 Å². The molecule has 3 rings (SSSR count). The predicted molar refractivity (Wildman–Crippen MR) is 111 cm³/mol. The molecule has 166 valence electrons. The second kappa shape index (κ2) is 9.34. The highest BCUT2D eigenvalue weighted by Gasteiger charge is 2.32. The van der Waals surface area contributed by atoms with Crippen LogP contribution in [0, 0.1) is 5.92 Å². The average Bonchev–Trinajstić information content (AvgIpc) is 3.29. The summed E-state index contributed by atoms with van der Waals surface area (Å²) >= 11 is 0. The minimum atomic E-state index is -3.78. The number of methoxy groups -OCH3 is 1. The van der Waals surface area contributed by atoms with E-state index in [1.807, 2.05) is 0 Å². The molecule has 1 amide bonds. The van der Waals surface area contributed by atoms with Crippen molar-refractivity contribution < 1.29 is 27.5 Å². The summed E-state index contributed by atoms with van der Waals surface area (Å²) in [5, 5.41) is 0. The molecule has 0 N–H and O–H groups in total. The summed E-state index contributed by atoms with van der Waals surface area (Å²) in [7, 11) is -2.39. The summed E-state index contributed by atoms with van der Waals surface area (Å²) in [6, 6.07) is 4.16. The quantitative estimate of drug-likeness (QED) is 0.633. The Kier molecular flexibility index (Phi) is 7.02. The van der Waals surface area contributed by atoms with Gasteiger partial charge in [-0.25, -0.2) is 13.2 Å². The number of rotatable bonds is 6. The van der Waals surface area contributed by atoms with E-state index < -0.39 is 22.1 Å². The average molecular weight is 439 g/mol. The van der Waals surface area contributed by atoms with Gasteiger partial charge in [0.1, 0.15) is 10.6 Å². The lowest BCUT2D eigenvalue weighted by atomic mass is 9.99. The number of esters is 1. The molecule has 9 heteroatoms. The van der Waals surface area contributed by atoms with Crippen molar-refractivity contribution in [3.05, 3.63) is 23.8 Å². The number of carbonyl (C=O) groups excluding carboxylic acids is 2. The molecule has 0 radical (unpaired) electrons. The molecule has 2 aliphatic heterocycles. The van der Waals surface area contributed by atoms with Gasteiger partial charge in [-0.1, -0.05) is 6.92 Å². The molecule has 8 nitrogen and oxygen atoms in total. The van der Waals surface area contributed by atoms with Crippen molar-refractivity contribution in [2.24, 2.45) is 5.92 Å². The number of sulfonamides is 1. The van der Waals surface area contributed by atoms with Gasteiger partial charge in [-0.3, -0.25) is 4.79 Å². The summed E-state index contributed by atoms with van der Waals surface area (Å²) in [6.45, 7) is 5.90. The van der Waals surface area contributed by atoms with Gasteiger partial charge in [-0.05, 0) is 56.7 Å². The molecule has 2 saturated heterocycles. The van der Waals surface area contributed by atoms with Gasteiger partial charge in [0.25, 0.3) is 5.91 Å². The molecule has 30 heavy (non-hydrogen) atoms. The van der Waals surface area contributed by atoms with E-state index >= 15 is 0 Å².